The van der Waals surface area contributed by atoms with Gasteiger partial charge in [-0.05, 0) is 51.4 Å². The van der Waals surface area contributed by atoms with Crippen LogP contribution in [0, 0.1) is 0 Å². The molecule has 0 spiro atoms. The first-order chi connectivity index (χ1) is 25.3. The van der Waals surface area contributed by atoms with Crippen LogP contribution in [0.5, 0.6) is 0 Å². The number of aliphatic hydroxyl groups is 4. The zero-order valence-corrected chi connectivity index (χ0v) is 32.3. The van der Waals surface area contributed by atoms with Crippen LogP contribution in [-0.2, 0) is 28.5 Å². The number of rotatable bonds is 32. The predicted octanol–water partition coefficient (Wildman–Crippen LogP) is 7.71. The lowest BCUT2D eigenvalue weighted by atomic mass is 9.99. The van der Waals surface area contributed by atoms with Crippen LogP contribution in [0.2, 0.25) is 0 Å². The highest BCUT2D eigenvalue weighted by atomic mass is 16.7. The van der Waals surface area contributed by atoms with Crippen molar-refractivity contribution in [2.24, 2.45) is 0 Å². The maximum absolute atomic E-state index is 12.7. The summed E-state index contributed by atoms with van der Waals surface area (Å²) in [6.07, 6.45) is 29.9. The molecule has 0 saturated carbocycles. The van der Waals surface area contributed by atoms with Gasteiger partial charge in [0.05, 0.1) is 13.2 Å². The summed E-state index contributed by atoms with van der Waals surface area (Å²) in [4.78, 5) is 25.1. The van der Waals surface area contributed by atoms with Crippen LogP contribution in [-0.4, -0.2) is 89.0 Å². The van der Waals surface area contributed by atoms with Gasteiger partial charge in [-0.25, -0.2) is 0 Å². The van der Waals surface area contributed by atoms with E-state index in [1.54, 1.807) is 0 Å². The molecule has 1 saturated heterocycles. The average molecular weight is 737 g/mol. The Balaban J connectivity index is 2.43. The van der Waals surface area contributed by atoms with Crippen LogP contribution in [0.4, 0.5) is 0 Å². The van der Waals surface area contributed by atoms with E-state index in [1.165, 1.54) is 57.8 Å². The van der Waals surface area contributed by atoms with Gasteiger partial charge in [0.15, 0.2) is 12.4 Å². The van der Waals surface area contributed by atoms with Crippen molar-refractivity contribution in [3.63, 3.8) is 0 Å². The van der Waals surface area contributed by atoms with Crippen LogP contribution in [0.15, 0.2) is 48.6 Å². The number of ether oxygens (including phenoxy) is 4. The summed E-state index contributed by atoms with van der Waals surface area (Å²) in [6.45, 7) is 3.30. The number of aliphatic hydroxyl groups excluding tert-OH is 4. The van der Waals surface area contributed by atoms with E-state index in [4.69, 9.17) is 18.9 Å². The summed E-state index contributed by atoms with van der Waals surface area (Å²) in [5.41, 5.74) is 0. The molecule has 10 heteroatoms. The van der Waals surface area contributed by atoms with E-state index < -0.39 is 55.4 Å². The van der Waals surface area contributed by atoms with Crippen molar-refractivity contribution in [1.82, 2.24) is 0 Å². The molecule has 52 heavy (non-hydrogen) atoms. The van der Waals surface area contributed by atoms with Crippen LogP contribution in [0.1, 0.15) is 149 Å². The van der Waals surface area contributed by atoms with E-state index in [0.29, 0.717) is 12.8 Å². The van der Waals surface area contributed by atoms with Crippen molar-refractivity contribution >= 4 is 11.9 Å². The summed E-state index contributed by atoms with van der Waals surface area (Å²) in [5, 5.41) is 39.9. The van der Waals surface area contributed by atoms with E-state index >= 15 is 0 Å². The third kappa shape index (κ3) is 24.8. The Kier molecular flexibility index (Phi) is 30.5. The molecule has 0 bridgehead atoms. The first-order valence-corrected chi connectivity index (χ1v) is 20.2. The molecule has 0 aromatic carbocycles. The Morgan fingerprint density at radius 1 is 0.596 bits per heavy atom. The maximum Gasteiger partial charge on any atom is 0.306 e. The monoisotopic (exact) mass is 737 g/mol. The topological polar surface area (TPSA) is 152 Å². The Labute approximate surface area is 314 Å². The molecule has 1 rings (SSSR count). The van der Waals surface area contributed by atoms with Gasteiger partial charge in [-0.15, -0.1) is 0 Å². The van der Waals surface area contributed by atoms with Crippen LogP contribution < -0.4 is 0 Å². The first kappa shape index (κ1) is 47.7. The molecular weight excluding hydrogens is 664 g/mol. The highest BCUT2D eigenvalue weighted by Crippen LogP contribution is 2.22. The van der Waals surface area contributed by atoms with Gasteiger partial charge < -0.3 is 39.4 Å². The summed E-state index contributed by atoms with van der Waals surface area (Å²) >= 11 is 0. The smallest absolute Gasteiger partial charge is 0.306 e. The number of allylic oxidation sites excluding steroid dienone is 8. The van der Waals surface area contributed by atoms with E-state index in [1.807, 2.05) is 6.08 Å². The van der Waals surface area contributed by atoms with Gasteiger partial charge in [0, 0.05) is 12.8 Å². The lowest BCUT2D eigenvalue weighted by Gasteiger charge is -2.39. The Bertz CT molecular complexity index is 991. The summed E-state index contributed by atoms with van der Waals surface area (Å²) < 4.78 is 22.0. The van der Waals surface area contributed by atoms with E-state index in [9.17, 15) is 30.0 Å². The van der Waals surface area contributed by atoms with Crippen molar-refractivity contribution in [2.75, 3.05) is 19.8 Å². The lowest BCUT2D eigenvalue weighted by molar-refractivity contribution is -0.305. The third-order valence-corrected chi connectivity index (χ3v) is 8.97. The van der Waals surface area contributed by atoms with E-state index in [2.05, 4.69) is 56.4 Å². The zero-order chi connectivity index (χ0) is 38.1. The fraction of sp³-hybridized carbons (Fsp3) is 0.762. The normalized spacial score (nSPS) is 21.5. The molecule has 6 atom stereocenters. The second-order valence-electron chi connectivity index (χ2n) is 13.7. The van der Waals surface area contributed by atoms with Crippen LogP contribution in [0.3, 0.4) is 0 Å². The van der Waals surface area contributed by atoms with Gasteiger partial charge in [0.2, 0.25) is 0 Å². The van der Waals surface area contributed by atoms with Crippen molar-refractivity contribution in [1.29, 1.82) is 0 Å². The van der Waals surface area contributed by atoms with E-state index in [0.717, 1.165) is 51.4 Å². The minimum Gasteiger partial charge on any atom is -0.462 e. The van der Waals surface area contributed by atoms with Gasteiger partial charge in [0.25, 0.3) is 0 Å². The Morgan fingerprint density at radius 3 is 1.67 bits per heavy atom. The Hall–Kier alpha value is -2.34. The van der Waals surface area contributed by atoms with Crippen LogP contribution >= 0.6 is 0 Å². The lowest BCUT2D eigenvalue weighted by Crippen LogP contribution is -2.59. The quantitative estimate of drug-likeness (QED) is 0.0307. The Morgan fingerprint density at radius 2 is 1.10 bits per heavy atom. The van der Waals surface area contributed by atoms with Gasteiger partial charge in [0.1, 0.15) is 31.0 Å². The maximum atomic E-state index is 12.7. The fourth-order valence-electron chi connectivity index (χ4n) is 5.71. The average Bonchev–Trinajstić information content (AvgIpc) is 3.14. The molecule has 1 aliphatic rings. The molecule has 4 N–H and O–H groups in total. The molecule has 1 fully saturated rings. The van der Waals surface area contributed by atoms with Crippen molar-refractivity contribution in [3.05, 3.63) is 48.6 Å². The molecule has 0 radical (unpaired) electrons. The molecule has 0 aromatic rings. The molecule has 0 amide bonds. The van der Waals surface area contributed by atoms with Crippen LogP contribution in [0.25, 0.3) is 0 Å². The molecular formula is C42H72O10. The van der Waals surface area contributed by atoms with Crippen molar-refractivity contribution in [3.8, 4) is 0 Å². The molecule has 1 heterocycles. The number of carbonyl (C=O) groups excluding carboxylic acids is 2. The molecule has 1 aliphatic heterocycles. The standard InChI is InChI=1S/C42H72O10/c1-3-5-7-9-11-13-15-16-17-18-19-20-21-23-25-27-29-31-38(45)51-35(34-50-42-41(48)40(47)39(46)36(32-43)52-42)33-49-37(44)30-28-26-24-22-14-12-10-8-6-4-2/h11,13,16-17,19-20,23,25,35-36,39-43,46-48H,3-10,12,14-15,18,21-22,24,26-34H2,1-2H3/b13-11+,17-16+,20-19+,25-23+/t35-,36-,39+,40?,41?,42-/m1/s1. The number of carbonyl (C=O) groups is 2. The highest BCUT2D eigenvalue weighted by Gasteiger charge is 2.44. The zero-order valence-electron chi connectivity index (χ0n) is 32.3. The van der Waals surface area contributed by atoms with Crippen molar-refractivity contribution in [2.45, 2.75) is 185 Å². The number of esters is 2. The summed E-state index contributed by atoms with van der Waals surface area (Å²) in [5.74, 6) is -0.877. The molecule has 0 aliphatic carbocycles. The summed E-state index contributed by atoms with van der Waals surface area (Å²) in [6, 6.07) is 0. The van der Waals surface area contributed by atoms with Gasteiger partial charge >= 0.3 is 11.9 Å². The third-order valence-electron chi connectivity index (χ3n) is 8.97. The largest absolute Gasteiger partial charge is 0.462 e. The van der Waals surface area contributed by atoms with Gasteiger partial charge in [-0.1, -0.05) is 133 Å². The van der Waals surface area contributed by atoms with Gasteiger partial charge in [-0.3, -0.25) is 9.59 Å². The number of hydrogen-bond donors (Lipinski definition) is 4. The number of unbranched alkanes of at least 4 members (excludes halogenated alkanes) is 13. The SMILES string of the molecule is CCCCC/C=C/C/C=C/C/C=C/C/C=C/CCCC(=O)O[C@H](COC(=O)CCCCCCCCCCCC)CO[C@@H]1O[C@H](CO)[C@H](O)C(O)C1O. The molecule has 2 unspecified atom stereocenters. The van der Waals surface area contributed by atoms with E-state index in [-0.39, 0.29) is 26.1 Å². The summed E-state index contributed by atoms with van der Waals surface area (Å²) in [7, 11) is 0. The van der Waals surface area contributed by atoms with Crippen molar-refractivity contribution < 1.29 is 49.0 Å². The number of hydrogen-bond acceptors (Lipinski definition) is 10. The minimum atomic E-state index is -1.60. The second kappa shape index (κ2) is 33.2. The minimum absolute atomic E-state index is 0.154. The molecule has 300 valence electrons. The molecule has 10 nitrogen and oxygen atoms in total. The highest BCUT2D eigenvalue weighted by molar-refractivity contribution is 5.70. The fourth-order valence-corrected chi connectivity index (χ4v) is 5.71. The second-order valence-corrected chi connectivity index (χ2v) is 13.7. The molecule has 0 aromatic heterocycles. The van der Waals surface area contributed by atoms with Gasteiger partial charge in [-0.2, -0.15) is 0 Å². The predicted molar refractivity (Wildman–Crippen MR) is 205 cm³/mol. The first-order valence-electron chi connectivity index (χ1n) is 20.2.